The maximum absolute atomic E-state index is 12.7. The summed E-state index contributed by atoms with van der Waals surface area (Å²) in [5, 5.41) is 16.9. The number of hydrogen-bond donors (Lipinski definition) is 1. The Kier molecular flexibility index (Phi) is 11.0. The van der Waals surface area contributed by atoms with Crippen LogP contribution in [0.5, 0.6) is 5.75 Å². The van der Waals surface area contributed by atoms with E-state index < -0.39 is 5.41 Å². The maximum atomic E-state index is 12.7. The second kappa shape index (κ2) is 16.9. The quantitative estimate of drug-likeness (QED) is 0.173. The molecule has 0 spiro atoms. The monoisotopic (exact) mass is 941 g/mol. The van der Waals surface area contributed by atoms with Crippen LogP contribution in [0.25, 0.3) is 94.3 Å². The molecule has 3 heterocycles. The van der Waals surface area contributed by atoms with Gasteiger partial charge in [-0.3, -0.25) is 9.55 Å². The minimum Gasteiger partial charge on any atom is -0.507 e. The summed E-state index contributed by atoms with van der Waals surface area (Å²) >= 11 is 0. The van der Waals surface area contributed by atoms with Gasteiger partial charge in [0.15, 0.2) is 0 Å². The van der Waals surface area contributed by atoms with E-state index in [0.29, 0.717) is 11.4 Å². The molecule has 0 aliphatic rings. The minimum absolute atomic E-state index is 0.0953. The molecule has 0 amide bonds. The first-order valence-corrected chi connectivity index (χ1v) is 25.3. The molecular weight excluding hydrogens is 879 g/mol. The highest BCUT2D eigenvalue weighted by Crippen LogP contribution is 2.47. The largest absolute Gasteiger partial charge is 0.507 e. The van der Waals surface area contributed by atoms with Crippen molar-refractivity contribution in [1.82, 2.24) is 14.5 Å². The van der Waals surface area contributed by atoms with Crippen molar-refractivity contribution in [2.75, 3.05) is 0 Å². The van der Waals surface area contributed by atoms with E-state index in [4.69, 9.17) is 14.4 Å². The number of hydrogen-bond acceptors (Lipinski definition) is 4. The summed E-state index contributed by atoms with van der Waals surface area (Å²) in [5.41, 5.74) is 15.7. The first kappa shape index (κ1) is 46.6. The third-order valence-corrected chi connectivity index (χ3v) is 14.9. The van der Waals surface area contributed by atoms with Gasteiger partial charge in [0.2, 0.25) is 0 Å². The highest BCUT2D eigenvalue weighted by molar-refractivity contribution is 6.18. The van der Waals surface area contributed by atoms with Gasteiger partial charge in [0, 0.05) is 44.6 Å². The van der Waals surface area contributed by atoms with E-state index in [0.717, 1.165) is 99.6 Å². The Bertz CT molecular complexity index is 3890. The van der Waals surface area contributed by atoms with Gasteiger partial charge in [-0.25, -0.2) is 4.98 Å². The molecule has 1 N–H and O–H groups in total. The van der Waals surface area contributed by atoms with Crippen LogP contribution in [-0.4, -0.2) is 19.6 Å². The van der Waals surface area contributed by atoms with Crippen molar-refractivity contribution in [2.45, 2.75) is 97.8 Å². The summed E-state index contributed by atoms with van der Waals surface area (Å²) in [7, 11) is 0. The van der Waals surface area contributed by atoms with E-state index in [1.807, 2.05) is 12.3 Å². The molecule has 0 unspecified atom stereocenters. The van der Waals surface area contributed by atoms with Crippen molar-refractivity contribution >= 4 is 43.7 Å². The van der Waals surface area contributed by atoms with Crippen LogP contribution in [0.3, 0.4) is 0 Å². The molecule has 0 radical (unpaired) electrons. The van der Waals surface area contributed by atoms with Crippen molar-refractivity contribution in [2.24, 2.45) is 0 Å². The summed E-state index contributed by atoms with van der Waals surface area (Å²) in [6.07, 6.45) is 1.87. The molecule has 11 rings (SSSR count). The molecule has 0 aliphatic carbocycles. The van der Waals surface area contributed by atoms with Gasteiger partial charge in [0.25, 0.3) is 0 Å². The Morgan fingerprint density at radius 3 is 1.89 bits per heavy atom. The molecule has 3 aromatic heterocycles. The van der Waals surface area contributed by atoms with Crippen LogP contribution in [0, 0.1) is 0 Å². The standard InChI is InChI=1S/C67H63N3O2/c1-64(2,3)46-30-32-55(52(38-46)41-21-14-12-15-22-41)70-56-28-20-27-49(60(56)69-63(70)53-39-47(65(4,5)6)40-54(61(53)71)66(7,8)9)43-35-44(37-48(36-43)67(10,11)45-24-16-13-17-25-45)59-58-51-31-29-42-23-18-19-26-50(42)62(51)72-57(58)33-34-68-59/h12-40,71H,1-11H3. The molecule has 11 aromatic rings. The van der Waals surface area contributed by atoms with Crippen LogP contribution < -0.4 is 0 Å². The Hall–Kier alpha value is -7.76. The smallest absolute Gasteiger partial charge is 0.149 e. The van der Waals surface area contributed by atoms with E-state index >= 15 is 0 Å². The van der Waals surface area contributed by atoms with Gasteiger partial charge in [-0.05, 0) is 104 Å². The predicted molar refractivity (Wildman–Crippen MR) is 302 cm³/mol. The SMILES string of the molecule is CC(C)(C)c1ccc(-n2c(-c3cc(C(C)(C)C)cc(C(C)(C)C)c3O)nc3c(-c4cc(-c5nccc6oc7c8ccccc8ccc7c56)cc(C(C)(C)c5ccccc5)c4)cccc32)c(-c2ccccc2)c1. The van der Waals surface area contributed by atoms with Crippen molar-refractivity contribution in [3.05, 3.63) is 204 Å². The number of fused-ring (bicyclic) bond motifs is 6. The zero-order chi connectivity index (χ0) is 50.5. The number of imidazole rings is 1. The van der Waals surface area contributed by atoms with Gasteiger partial charge < -0.3 is 9.52 Å². The number of phenols is 1. The lowest BCUT2D eigenvalue weighted by molar-refractivity contribution is 0.446. The highest BCUT2D eigenvalue weighted by atomic mass is 16.3. The normalized spacial score (nSPS) is 12.7. The molecule has 5 nitrogen and oxygen atoms in total. The zero-order valence-electron chi connectivity index (χ0n) is 43.4. The minimum atomic E-state index is -0.394. The average Bonchev–Trinajstić information content (AvgIpc) is 3.95. The van der Waals surface area contributed by atoms with Crippen molar-refractivity contribution in [3.8, 4) is 56.3 Å². The zero-order valence-corrected chi connectivity index (χ0v) is 43.4. The number of pyridine rings is 1. The number of furan rings is 1. The maximum Gasteiger partial charge on any atom is 0.149 e. The lowest BCUT2D eigenvalue weighted by Gasteiger charge is -2.28. The fourth-order valence-electron chi connectivity index (χ4n) is 10.6. The lowest BCUT2D eigenvalue weighted by atomic mass is 9.76. The van der Waals surface area contributed by atoms with Gasteiger partial charge in [-0.15, -0.1) is 0 Å². The topological polar surface area (TPSA) is 64.1 Å². The molecule has 0 fully saturated rings. The molecule has 8 aromatic carbocycles. The summed E-state index contributed by atoms with van der Waals surface area (Å²) in [5.74, 6) is 0.922. The van der Waals surface area contributed by atoms with E-state index in [-0.39, 0.29) is 22.0 Å². The van der Waals surface area contributed by atoms with Crippen LogP contribution in [0.4, 0.5) is 0 Å². The van der Waals surface area contributed by atoms with Crippen LogP contribution >= 0.6 is 0 Å². The van der Waals surface area contributed by atoms with Gasteiger partial charge in [-0.2, -0.15) is 0 Å². The highest BCUT2D eigenvalue weighted by Gasteiger charge is 2.31. The van der Waals surface area contributed by atoms with Gasteiger partial charge in [-0.1, -0.05) is 197 Å². The molecule has 0 saturated heterocycles. The van der Waals surface area contributed by atoms with E-state index in [2.05, 4.69) is 245 Å². The molecule has 5 heteroatoms. The Balaban J connectivity index is 1.24. The third kappa shape index (κ3) is 7.96. The second-order valence-corrected chi connectivity index (χ2v) is 23.3. The fourth-order valence-corrected chi connectivity index (χ4v) is 10.6. The van der Waals surface area contributed by atoms with E-state index in [1.54, 1.807) is 0 Å². The Labute approximate surface area is 423 Å². The second-order valence-electron chi connectivity index (χ2n) is 23.3. The first-order chi connectivity index (χ1) is 34.3. The predicted octanol–water partition coefficient (Wildman–Crippen LogP) is 18.1. The molecular formula is C67H63N3O2. The number of phenolic OH excluding ortho intramolecular Hbond substituents is 1. The van der Waals surface area contributed by atoms with Crippen LogP contribution in [-0.2, 0) is 21.7 Å². The Morgan fingerprint density at radius 2 is 1.17 bits per heavy atom. The van der Waals surface area contributed by atoms with Crippen LogP contribution in [0.1, 0.15) is 104 Å². The van der Waals surface area contributed by atoms with Gasteiger partial charge >= 0.3 is 0 Å². The van der Waals surface area contributed by atoms with E-state index in [9.17, 15) is 5.11 Å². The summed E-state index contributed by atoms with van der Waals surface area (Å²) in [4.78, 5) is 11.0. The van der Waals surface area contributed by atoms with Crippen molar-refractivity contribution < 1.29 is 9.52 Å². The number of rotatable bonds is 7. The summed E-state index contributed by atoms with van der Waals surface area (Å²) in [6, 6.07) is 60.8. The van der Waals surface area contributed by atoms with Gasteiger partial charge in [0.1, 0.15) is 22.7 Å². The number of benzene rings is 8. The summed E-state index contributed by atoms with van der Waals surface area (Å²) < 4.78 is 9.03. The molecule has 358 valence electrons. The number of para-hydroxylation sites is 1. The molecule has 0 atom stereocenters. The molecule has 0 aliphatic heterocycles. The number of aromatic hydroxyl groups is 1. The van der Waals surface area contributed by atoms with Crippen molar-refractivity contribution in [1.29, 1.82) is 0 Å². The van der Waals surface area contributed by atoms with Crippen LogP contribution in [0.2, 0.25) is 0 Å². The fraction of sp³-hybridized carbons (Fsp3) is 0.224. The van der Waals surface area contributed by atoms with Crippen LogP contribution in [0.15, 0.2) is 180 Å². The first-order valence-electron chi connectivity index (χ1n) is 25.3. The molecule has 72 heavy (non-hydrogen) atoms. The van der Waals surface area contributed by atoms with Gasteiger partial charge in [0.05, 0.1) is 33.4 Å². The average molecular weight is 942 g/mol. The van der Waals surface area contributed by atoms with Crippen molar-refractivity contribution in [3.63, 3.8) is 0 Å². The summed E-state index contributed by atoms with van der Waals surface area (Å²) in [6.45, 7) is 24.6. The molecule has 0 saturated carbocycles. The third-order valence-electron chi connectivity index (χ3n) is 14.9. The Morgan fingerprint density at radius 1 is 0.486 bits per heavy atom. The molecule has 0 bridgehead atoms. The van der Waals surface area contributed by atoms with E-state index in [1.165, 1.54) is 11.1 Å². The number of aromatic nitrogens is 3. The lowest BCUT2D eigenvalue weighted by Crippen LogP contribution is -2.19. The number of nitrogens with zero attached hydrogens (tertiary/aromatic N) is 3.